The summed E-state index contributed by atoms with van der Waals surface area (Å²) in [5.41, 5.74) is 1.60. The molecule has 4 nitrogen and oxygen atoms in total. The number of aryl methyl sites for hydroxylation is 2. The van der Waals surface area contributed by atoms with Crippen molar-refractivity contribution in [3.05, 3.63) is 29.3 Å². The summed E-state index contributed by atoms with van der Waals surface area (Å²) in [5, 5.41) is 1.41. The Bertz CT molecular complexity index is 497. The molecule has 0 spiro atoms. The first-order valence-electron chi connectivity index (χ1n) is 6.20. The number of hydrogen-bond acceptors (Lipinski definition) is 4. The smallest absolute Gasteiger partial charge is 0.403 e. The van der Waals surface area contributed by atoms with Crippen LogP contribution in [-0.2, 0) is 13.6 Å². The van der Waals surface area contributed by atoms with Crippen LogP contribution in [0.15, 0.2) is 18.2 Å². The topological polar surface area (TPSA) is 44.8 Å². The molecule has 112 valence electrons. The van der Waals surface area contributed by atoms with Crippen molar-refractivity contribution in [2.24, 2.45) is 5.41 Å². The van der Waals surface area contributed by atoms with Gasteiger partial charge in [0.05, 0.1) is 13.2 Å². The Morgan fingerprint density at radius 2 is 1.70 bits per heavy atom. The SMILES string of the molecule is Cc1cccc(C)c1OP1(=O)OCC(CBr)(CBr)CO1. The maximum Gasteiger partial charge on any atom is 0.530 e. The van der Waals surface area contributed by atoms with Gasteiger partial charge in [0, 0.05) is 16.1 Å². The molecule has 0 aromatic heterocycles. The van der Waals surface area contributed by atoms with Crippen LogP contribution in [0.3, 0.4) is 0 Å². The van der Waals surface area contributed by atoms with Gasteiger partial charge in [0.2, 0.25) is 0 Å². The number of benzene rings is 1. The maximum atomic E-state index is 12.5. The van der Waals surface area contributed by atoms with E-state index in [4.69, 9.17) is 13.6 Å². The minimum atomic E-state index is -3.54. The summed E-state index contributed by atoms with van der Waals surface area (Å²) >= 11 is 6.87. The van der Waals surface area contributed by atoms with Crippen molar-refractivity contribution in [1.82, 2.24) is 0 Å². The standard InChI is InChI=1S/C13H17Br2O4P/c1-10-4-3-5-11(2)12(10)19-20(16)17-8-13(6-14,7-15)9-18-20/h3-5H,6-9H2,1-2H3. The van der Waals surface area contributed by atoms with Crippen LogP contribution in [0.4, 0.5) is 0 Å². The molecule has 1 aromatic carbocycles. The van der Waals surface area contributed by atoms with E-state index in [0.717, 1.165) is 11.1 Å². The van der Waals surface area contributed by atoms with E-state index >= 15 is 0 Å². The lowest BCUT2D eigenvalue weighted by Crippen LogP contribution is -2.39. The average molecular weight is 428 g/mol. The third-order valence-electron chi connectivity index (χ3n) is 3.24. The fraction of sp³-hybridized carbons (Fsp3) is 0.538. The van der Waals surface area contributed by atoms with Crippen molar-refractivity contribution in [3.63, 3.8) is 0 Å². The zero-order valence-electron chi connectivity index (χ0n) is 11.4. The number of halogens is 2. The van der Waals surface area contributed by atoms with Crippen LogP contribution in [0.25, 0.3) is 0 Å². The predicted octanol–water partition coefficient (Wildman–Crippen LogP) is 4.61. The van der Waals surface area contributed by atoms with Gasteiger partial charge in [0.1, 0.15) is 5.75 Å². The number of hydrogen-bond donors (Lipinski definition) is 0. The number of phosphoric ester groups is 1. The molecular formula is C13H17Br2O4P. The highest BCUT2D eigenvalue weighted by atomic mass is 79.9. The normalized spacial score (nSPS) is 20.6. The van der Waals surface area contributed by atoms with E-state index in [0.29, 0.717) is 29.6 Å². The lowest BCUT2D eigenvalue weighted by Gasteiger charge is -2.36. The molecule has 1 heterocycles. The number of alkyl halides is 2. The maximum absolute atomic E-state index is 12.5. The highest BCUT2D eigenvalue weighted by molar-refractivity contribution is 9.09. The lowest BCUT2D eigenvalue weighted by molar-refractivity contribution is 0.0246. The lowest BCUT2D eigenvalue weighted by atomic mass is 9.96. The molecule has 0 N–H and O–H groups in total. The molecule has 2 rings (SSSR count). The number of rotatable bonds is 4. The summed E-state index contributed by atoms with van der Waals surface area (Å²) in [7, 11) is -3.54. The number of para-hydroxylation sites is 1. The molecule has 0 atom stereocenters. The molecule has 1 aromatic rings. The molecule has 0 radical (unpaired) electrons. The van der Waals surface area contributed by atoms with Crippen LogP contribution >= 0.6 is 39.7 Å². The van der Waals surface area contributed by atoms with Crippen LogP contribution < -0.4 is 4.52 Å². The van der Waals surface area contributed by atoms with E-state index < -0.39 is 7.82 Å². The Hall–Kier alpha value is 0.130. The summed E-state index contributed by atoms with van der Waals surface area (Å²) < 4.78 is 29.0. The van der Waals surface area contributed by atoms with Gasteiger partial charge in [-0.3, -0.25) is 9.05 Å². The molecule has 0 unspecified atom stereocenters. The van der Waals surface area contributed by atoms with Crippen LogP contribution in [0, 0.1) is 19.3 Å². The molecule has 1 aliphatic rings. The largest absolute Gasteiger partial charge is 0.530 e. The van der Waals surface area contributed by atoms with E-state index in [2.05, 4.69) is 31.9 Å². The molecular weight excluding hydrogens is 411 g/mol. The second-order valence-electron chi connectivity index (χ2n) is 5.07. The molecule has 1 aliphatic heterocycles. The van der Waals surface area contributed by atoms with Gasteiger partial charge >= 0.3 is 7.82 Å². The first-order valence-corrected chi connectivity index (χ1v) is 9.91. The highest BCUT2D eigenvalue weighted by Crippen LogP contribution is 2.55. The van der Waals surface area contributed by atoms with Crippen molar-refractivity contribution in [1.29, 1.82) is 0 Å². The van der Waals surface area contributed by atoms with E-state index in [-0.39, 0.29) is 5.41 Å². The Kier molecular flexibility index (Phi) is 5.35. The second-order valence-corrected chi connectivity index (χ2v) is 7.79. The zero-order valence-corrected chi connectivity index (χ0v) is 15.5. The van der Waals surface area contributed by atoms with Crippen molar-refractivity contribution in [2.45, 2.75) is 13.8 Å². The van der Waals surface area contributed by atoms with Crippen LogP contribution in [-0.4, -0.2) is 23.9 Å². The van der Waals surface area contributed by atoms with E-state index in [1.54, 1.807) is 0 Å². The first kappa shape index (κ1) is 16.5. The fourth-order valence-electron chi connectivity index (χ4n) is 1.81. The van der Waals surface area contributed by atoms with Gasteiger partial charge < -0.3 is 4.52 Å². The summed E-state index contributed by atoms with van der Waals surface area (Å²) in [6.07, 6.45) is 0. The molecule has 7 heteroatoms. The van der Waals surface area contributed by atoms with E-state index in [1.165, 1.54) is 0 Å². The van der Waals surface area contributed by atoms with Crippen LogP contribution in [0.2, 0.25) is 0 Å². The van der Waals surface area contributed by atoms with Gasteiger partial charge in [-0.05, 0) is 25.0 Å². The Morgan fingerprint density at radius 3 is 2.15 bits per heavy atom. The third-order valence-corrected chi connectivity index (χ3v) is 6.91. The van der Waals surface area contributed by atoms with Gasteiger partial charge in [-0.25, -0.2) is 4.57 Å². The molecule has 20 heavy (non-hydrogen) atoms. The Balaban J connectivity index is 2.13. The van der Waals surface area contributed by atoms with Crippen molar-refractivity contribution >= 4 is 39.7 Å². The Morgan fingerprint density at radius 1 is 1.20 bits per heavy atom. The predicted molar refractivity (Wildman–Crippen MR) is 86.1 cm³/mol. The highest BCUT2D eigenvalue weighted by Gasteiger charge is 2.43. The molecule has 0 saturated carbocycles. The average Bonchev–Trinajstić information content (AvgIpc) is 2.45. The Labute approximate surface area is 136 Å². The molecule has 1 saturated heterocycles. The molecule has 0 bridgehead atoms. The van der Waals surface area contributed by atoms with Gasteiger partial charge in [-0.1, -0.05) is 50.1 Å². The second kappa shape index (κ2) is 6.49. The molecule has 0 amide bonds. The van der Waals surface area contributed by atoms with Crippen molar-refractivity contribution < 1.29 is 18.1 Å². The molecule has 1 fully saturated rings. The third kappa shape index (κ3) is 3.47. The number of phosphoric acid groups is 1. The quantitative estimate of drug-likeness (QED) is 0.519. The van der Waals surface area contributed by atoms with Gasteiger partial charge in [0.25, 0.3) is 0 Å². The van der Waals surface area contributed by atoms with Crippen molar-refractivity contribution in [3.8, 4) is 5.75 Å². The van der Waals surface area contributed by atoms with Crippen LogP contribution in [0.5, 0.6) is 5.75 Å². The van der Waals surface area contributed by atoms with Crippen molar-refractivity contribution in [2.75, 3.05) is 23.9 Å². The van der Waals surface area contributed by atoms with Gasteiger partial charge in [-0.2, -0.15) is 0 Å². The summed E-state index contributed by atoms with van der Waals surface area (Å²) in [5.74, 6) is 0.570. The first-order chi connectivity index (χ1) is 9.44. The zero-order chi connectivity index (χ0) is 14.8. The van der Waals surface area contributed by atoms with E-state index in [9.17, 15) is 4.57 Å². The minimum Gasteiger partial charge on any atom is -0.403 e. The summed E-state index contributed by atoms with van der Waals surface area (Å²) in [4.78, 5) is 0. The van der Waals surface area contributed by atoms with E-state index in [1.807, 2.05) is 32.0 Å². The van der Waals surface area contributed by atoms with Crippen LogP contribution in [0.1, 0.15) is 11.1 Å². The minimum absolute atomic E-state index is 0.210. The fourth-order valence-corrected chi connectivity index (χ4v) is 4.94. The van der Waals surface area contributed by atoms with Gasteiger partial charge in [-0.15, -0.1) is 0 Å². The summed E-state index contributed by atoms with van der Waals surface area (Å²) in [6, 6.07) is 5.73. The monoisotopic (exact) mass is 426 g/mol. The summed E-state index contributed by atoms with van der Waals surface area (Å²) in [6.45, 7) is 4.46. The van der Waals surface area contributed by atoms with Gasteiger partial charge in [0.15, 0.2) is 0 Å². The molecule has 0 aliphatic carbocycles.